The summed E-state index contributed by atoms with van der Waals surface area (Å²) in [6.07, 6.45) is 0. The monoisotopic (exact) mass is 279 g/mol. The number of anilines is 1. The summed E-state index contributed by atoms with van der Waals surface area (Å²) < 4.78 is 0. The number of benzene rings is 1. The smallest absolute Gasteiger partial charge is 0.231 e. The van der Waals surface area contributed by atoms with E-state index in [0.29, 0.717) is 15.7 Å². The predicted octanol–water partition coefficient (Wildman–Crippen LogP) is 4.20. The van der Waals surface area contributed by atoms with Crippen molar-refractivity contribution >= 4 is 46.4 Å². The van der Waals surface area contributed by atoms with Gasteiger partial charge in [0.2, 0.25) is 5.91 Å². The van der Waals surface area contributed by atoms with Gasteiger partial charge in [0.15, 0.2) is 0 Å². The molecule has 16 heavy (non-hydrogen) atoms. The maximum absolute atomic E-state index is 11.8. The van der Waals surface area contributed by atoms with Crippen LogP contribution in [0, 0.1) is 5.41 Å². The first-order chi connectivity index (χ1) is 7.36. The van der Waals surface area contributed by atoms with Crippen molar-refractivity contribution in [3.63, 3.8) is 0 Å². The molecule has 88 valence electrons. The average Bonchev–Trinajstić information content (AvgIpc) is 2.23. The van der Waals surface area contributed by atoms with E-state index in [1.807, 2.05) is 0 Å². The normalized spacial score (nSPS) is 11.3. The molecule has 0 radical (unpaired) electrons. The summed E-state index contributed by atoms with van der Waals surface area (Å²) in [6, 6.07) is 4.93. The highest BCUT2D eigenvalue weighted by Gasteiger charge is 2.26. The predicted molar refractivity (Wildman–Crippen MR) is 69.6 cm³/mol. The molecule has 0 saturated heterocycles. The van der Waals surface area contributed by atoms with Gasteiger partial charge < -0.3 is 5.32 Å². The van der Waals surface area contributed by atoms with Gasteiger partial charge in [0, 0.05) is 11.6 Å². The Morgan fingerprint density at radius 1 is 1.31 bits per heavy atom. The summed E-state index contributed by atoms with van der Waals surface area (Å²) in [6.45, 7) is 3.54. The number of hydrogen-bond donors (Lipinski definition) is 1. The van der Waals surface area contributed by atoms with Gasteiger partial charge >= 0.3 is 0 Å². The Labute approximate surface area is 110 Å². The lowest BCUT2D eigenvalue weighted by atomic mass is 9.95. The minimum atomic E-state index is -0.617. The van der Waals surface area contributed by atoms with Crippen LogP contribution in [0.15, 0.2) is 18.2 Å². The van der Waals surface area contributed by atoms with Gasteiger partial charge in [0.05, 0.1) is 15.5 Å². The molecule has 0 bridgehead atoms. The van der Waals surface area contributed by atoms with E-state index >= 15 is 0 Å². The van der Waals surface area contributed by atoms with Crippen LogP contribution in [0.4, 0.5) is 5.69 Å². The van der Waals surface area contributed by atoms with Crippen LogP contribution < -0.4 is 5.32 Å². The second-order valence-electron chi connectivity index (χ2n) is 4.10. The minimum Gasteiger partial charge on any atom is -0.326 e. The van der Waals surface area contributed by atoms with Gasteiger partial charge in [-0.25, -0.2) is 0 Å². The van der Waals surface area contributed by atoms with E-state index in [2.05, 4.69) is 5.32 Å². The van der Waals surface area contributed by atoms with Crippen LogP contribution in [0.25, 0.3) is 0 Å². The molecule has 0 atom stereocenters. The number of hydrogen-bond acceptors (Lipinski definition) is 1. The topological polar surface area (TPSA) is 29.1 Å². The van der Waals surface area contributed by atoms with E-state index in [9.17, 15) is 4.79 Å². The van der Waals surface area contributed by atoms with Gasteiger partial charge in [-0.15, -0.1) is 11.6 Å². The maximum Gasteiger partial charge on any atom is 0.231 e. The Morgan fingerprint density at radius 2 is 1.94 bits per heavy atom. The largest absolute Gasteiger partial charge is 0.326 e. The van der Waals surface area contributed by atoms with Gasteiger partial charge in [-0.05, 0) is 32.0 Å². The van der Waals surface area contributed by atoms with Gasteiger partial charge in [0.25, 0.3) is 0 Å². The number of amides is 1. The zero-order valence-electron chi connectivity index (χ0n) is 8.98. The maximum atomic E-state index is 11.8. The van der Waals surface area contributed by atoms with E-state index in [-0.39, 0.29) is 11.8 Å². The fourth-order valence-electron chi connectivity index (χ4n) is 0.935. The van der Waals surface area contributed by atoms with Crippen LogP contribution in [0.2, 0.25) is 10.0 Å². The lowest BCUT2D eigenvalue weighted by molar-refractivity contribution is -0.122. The third kappa shape index (κ3) is 3.27. The molecular weight excluding hydrogens is 268 g/mol. The number of nitrogens with one attached hydrogen (secondary N) is 1. The van der Waals surface area contributed by atoms with Crippen molar-refractivity contribution in [2.24, 2.45) is 5.41 Å². The van der Waals surface area contributed by atoms with Gasteiger partial charge in [-0.2, -0.15) is 0 Å². The molecule has 2 nitrogen and oxygen atoms in total. The third-order valence-electron chi connectivity index (χ3n) is 2.13. The van der Waals surface area contributed by atoms with Crippen molar-refractivity contribution in [1.82, 2.24) is 0 Å². The van der Waals surface area contributed by atoms with E-state index in [0.717, 1.165) is 0 Å². The fraction of sp³-hybridized carbons (Fsp3) is 0.364. The van der Waals surface area contributed by atoms with Crippen LogP contribution in [0.5, 0.6) is 0 Å². The molecule has 5 heteroatoms. The van der Waals surface area contributed by atoms with Crippen LogP contribution in [-0.4, -0.2) is 11.8 Å². The molecular formula is C11H12Cl3NO. The Bertz CT molecular complexity index is 404. The van der Waals surface area contributed by atoms with E-state index in [1.165, 1.54) is 0 Å². The summed E-state index contributed by atoms with van der Waals surface area (Å²) in [5, 5.41) is 3.60. The van der Waals surface area contributed by atoms with E-state index in [1.54, 1.807) is 32.0 Å². The zero-order chi connectivity index (χ0) is 12.3. The molecule has 0 aliphatic carbocycles. The third-order valence-corrected chi connectivity index (χ3v) is 3.53. The van der Waals surface area contributed by atoms with E-state index < -0.39 is 5.41 Å². The zero-order valence-corrected chi connectivity index (χ0v) is 11.2. The number of halogens is 3. The molecule has 1 amide bonds. The fourth-order valence-corrected chi connectivity index (χ4v) is 1.35. The summed E-state index contributed by atoms with van der Waals surface area (Å²) in [5.74, 6) is 0.0982. The van der Waals surface area contributed by atoms with Gasteiger partial charge in [-0.1, -0.05) is 23.2 Å². The molecule has 1 rings (SSSR count). The Balaban J connectivity index is 2.82. The minimum absolute atomic E-state index is 0.152. The van der Waals surface area contributed by atoms with E-state index in [4.69, 9.17) is 34.8 Å². The number of carbonyl (C=O) groups is 1. The molecule has 1 aromatic carbocycles. The number of carbonyl (C=O) groups excluding carboxylic acids is 1. The summed E-state index contributed by atoms with van der Waals surface area (Å²) in [4.78, 5) is 11.8. The van der Waals surface area contributed by atoms with Crippen molar-refractivity contribution in [2.75, 3.05) is 11.2 Å². The lowest BCUT2D eigenvalue weighted by Gasteiger charge is -2.20. The standard InChI is InChI=1S/C11H12Cl3NO/c1-11(2,6-12)10(16)15-7-3-4-8(13)9(14)5-7/h3-5H,6H2,1-2H3,(H,15,16). The number of alkyl halides is 1. The van der Waals surface area contributed by atoms with Crippen molar-refractivity contribution < 1.29 is 4.79 Å². The van der Waals surface area contributed by atoms with Crippen LogP contribution >= 0.6 is 34.8 Å². The average molecular weight is 281 g/mol. The van der Waals surface area contributed by atoms with Crippen molar-refractivity contribution in [2.45, 2.75) is 13.8 Å². The van der Waals surface area contributed by atoms with Crippen molar-refractivity contribution in [1.29, 1.82) is 0 Å². The molecule has 0 heterocycles. The molecule has 0 unspecified atom stereocenters. The second kappa shape index (κ2) is 5.26. The lowest BCUT2D eigenvalue weighted by Crippen LogP contribution is -2.32. The van der Waals surface area contributed by atoms with Crippen molar-refractivity contribution in [3.8, 4) is 0 Å². The Kier molecular flexibility index (Phi) is 4.48. The number of rotatable bonds is 3. The molecule has 0 spiro atoms. The van der Waals surface area contributed by atoms with Gasteiger partial charge in [-0.3, -0.25) is 4.79 Å². The molecule has 1 N–H and O–H groups in total. The first kappa shape index (κ1) is 13.6. The molecule has 0 aliphatic heterocycles. The van der Waals surface area contributed by atoms with Gasteiger partial charge in [0.1, 0.15) is 0 Å². The Morgan fingerprint density at radius 3 is 2.44 bits per heavy atom. The van der Waals surface area contributed by atoms with Crippen LogP contribution in [0.3, 0.4) is 0 Å². The highest BCUT2D eigenvalue weighted by Crippen LogP contribution is 2.26. The van der Waals surface area contributed by atoms with Crippen LogP contribution in [0.1, 0.15) is 13.8 Å². The van der Waals surface area contributed by atoms with Crippen LogP contribution in [-0.2, 0) is 4.79 Å². The SMILES string of the molecule is CC(C)(CCl)C(=O)Nc1ccc(Cl)c(Cl)c1. The molecule has 1 aromatic rings. The molecule has 0 aromatic heterocycles. The molecule has 0 saturated carbocycles. The summed E-state index contributed by atoms with van der Waals surface area (Å²) >= 11 is 17.3. The quantitative estimate of drug-likeness (QED) is 0.826. The summed E-state index contributed by atoms with van der Waals surface area (Å²) in [7, 11) is 0. The molecule has 0 aliphatic rings. The first-order valence-electron chi connectivity index (χ1n) is 4.69. The highest BCUT2D eigenvalue weighted by atomic mass is 35.5. The second-order valence-corrected chi connectivity index (χ2v) is 5.18. The highest BCUT2D eigenvalue weighted by molar-refractivity contribution is 6.42. The Hall–Kier alpha value is -0.440. The van der Waals surface area contributed by atoms with Crippen molar-refractivity contribution in [3.05, 3.63) is 28.2 Å². The first-order valence-corrected chi connectivity index (χ1v) is 5.98. The summed E-state index contributed by atoms with van der Waals surface area (Å²) in [5.41, 5.74) is -0.00851. The molecule has 0 fully saturated rings.